The summed E-state index contributed by atoms with van der Waals surface area (Å²) < 4.78 is 4.72. The molecule has 0 saturated heterocycles. The predicted molar refractivity (Wildman–Crippen MR) is 38.3 cm³/mol. The van der Waals surface area contributed by atoms with E-state index in [9.17, 15) is 4.79 Å². The molecule has 0 aliphatic heterocycles. The Morgan fingerprint density at radius 1 is 1.70 bits per heavy atom. The van der Waals surface area contributed by atoms with Crippen LogP contribution in [0.25, 0.3) is 0 Å². The number of amides is 1. The van der Waals surface area contributed by atoms with Crippen molar-refractivity contribution in [2.75, 3.05) is 20.8 Å². The lowest BCUT2D eigenvalue weighted by Crippen LogP contribution is -2.14. The molecule has 0 aliphatic carbocycles. The molecule has 0 aliphatic rings. The van der Waals surface area contributed by atoms with Crippen molar-refractivity contribution < 1.29 is 9.53 Å². The van der Waals surface area contributed by atoms with Crippen molar-refractivity contribution in [2.24, 2.45) is 0 Å². The van der Waals surface area contributed by atoms with Crippen molar-refractivity contribution in [1.29, 1.82) is 0 Å². The van der Waals surface area contributed by atoms with Gasteiger partial charge >= 0.3 is 0 Å². The molecule has 0 aromatic rings. The third-order valence-corrected chi connectivity index (χ3v) is 0.860. The molecule has 56 valence electrons. The molecule has 0 aromatic carbocycles. The van der Waals surface area contributed by atoms with E-state index in [0.29, 0.717) is 13.0 Å². The molecule has 0 radical (unpaired) electrons. The first kappa shape index (κ1) is 8.99. The van der Waals surface area contributed by atoms with Crippen molar-refractivity contribution in [1.82, 2.24) is 5.32 Å². The molecule has 0 bridgehead atoms. The lowest BCUT2D eigenvalue weighted by molar-refractivity contribution is -0.115. The van der Waals surface area contributed by atoms with Crippen LogP contribution in [0.3, 0.4) is 0 Å². The SMILES string of the molecule is CNC(=O)C#CCCOC. The second kappa shape index (κ2) is 6.12. The highest BCUT2D eigenvalue weighted by Crippen LogP contribution is 1.74. The fourth-order valence-electron chi connectivity index (χ4n) is 0.358. The third kappa shape index (κ3) is 5.13. The van der Waals surface area contributed by atoms with Crippen molar-refractivity contribution >= 4 is 5.91 Å². The molecule has 0 saturated carbocycles. The lowest BCUT2D eigenvalue weighted by atomic mass is 10.4. The zero-order valence-corrected chi connectivity index (χ0v) is 6.23. The summed E-state index contributed by atoms with van der Waals surface area (Å²) in [6.45, 7) is 0.573. The number of hydrogen-bond donors (Lipinski definition) is 1. The summed E-state index contributed by atoms with van der Waals surface area (Å²) in [6, 6.07) is 0. The molecule has 1 N–H and O–H groups in total. The summed E-state index contributed by atoms with van der Waals surface area (Å²) in [6.07, 6.45) is 0.601. The second-order valence-electron chi connectivity index (χ2n) is 1.62. The van der Waals surface area contributed by atoms with Gasteiger partial charge in [-0.3, -0.25) is 4.79 Å². The van der Waals surface area contributed by atoms with Gasteiger partial charge in [0.25, 0.3) is 5.91 Å². The number of hydrogen-bond acceptors (Lipinski definition) is 2. The molecule has 0 atom stereocenters. The van der Waals surface area contributed by atoms with Crippen LogP contribution < -0.4 is 5.32 Å². The quantitative estimate of drug-likeness (QED) is 0.426. The fourth-order valence-corrected chi connectivity index (χ4v) is 0.358. The number of methoxy groups -OCH3 is 1. The van der Waals surface area contributed by atoms with Crippen molar-refractivity contribution in [2.45, 2.75) is 6.42 Å². The van der Waals surface area contributed by atoms with Gasteiger partial charge in [-0.05, 0) is 5.92 Å². The van der Waals surface area contributed by atoms with Crippen LogP contribution in [0.4, 0.5) is 0 Å². The Balaban J connectivity index is 3.39. The van der Waals surface area contributed by atoms with E-state index in [0.717, 1.165) is 0 Å². The first-order chi connectivity index (χ1) is 4.81. The monoisotopic (exact) mass is 141 g/mol. The van der Waals surface area contributed by atoms with Gasteiger partial charge < -0.3 is 10.1 Å². The number of rotatable bonds is 2. The van der Waals surface area contributed by atoms with Gasteiger partial charge in [-0.25, -0.2) is 0 Å². The first-order valence-corrected chi connectivity index (χ1v) is 3.00. The smallest absolute Gasteiger partial charge is 0.295 e. The van der Waals surface area contributed by atoms with Crippen molar-refractivity contribution in [3.63, 3.8) is 0 Å². The van der Waals surface area contributed by atoms with Crippen LogP contribution in [0.15, 0.2) is 0 Å². The standard InChI is InChI=1S/C7H11NO2/c1-8-7(9)5-3-4-6-10-2/h4,6H2,1-2H3,(H,8,9). The van der Waals surface area contributed by atoms with E-state index in [1.807, 2.05) is 0 Å². The van der Waals surface area contributed by atoms with Crippen molar-refractivity contribution in [3.8, 4) is 11.8 Å². The van der Waals surface area contributed by atoms with Gasteiger partial charge in [0.2, 0.25) is 0 Å². The molecular weight excluding hydrogens is 130 g/mol. The Kier molecular flexibility index (Phi) is 5.50. The van der Waals surface area contributed by atoms with E-state index in [2.05, 4.69) is 17.2 Å². The number of carbonyl (C=O) groups excluding carboxylic acids is 1. The molecule has 1 amide bonds. The molecule has 0 spiro atoms. The molecular formula is C7H11NO2. The minimum absolute atomic E-state index is 0.254. The van der Waals surface area contributed by atoms with Crippen LogP contribution in [0.5, 0.6) is 0 Å². The first-order valence-electron chi connectivity index (χ1n) is 3.00. The summed E-state index contributed by atoms with van der Waals surface area (Å²) in [5, 5.41) is 2.39. The number of carbonyl (C=O) groups is 1. The Morgan fingerprint density at radius 2 is 2.40 bits per heavy atom. The lowest BCUT2D eigenvalue weighted by Gasteiger charge is -1.87. The van der Waals surface area contributed by atoms with E-state index in [1.165, 1.54) is 0 Å². The van der Waals surface area contributed by atoms with Crippen LogP contribution in [0, 0.1) is 11.8 Å². The van der Waals surface area contributed by atoms with E-state index in [4.69, 9.17) is 4.74 Å². The predicted octanol–water partition coefficient (Wildman–Crippen LogP) is -0.228. The summed E-state index contributed by atoms with van der Waals surface area (Å²) in [7, 11) is 3.15. The Hall–Kier alpha value is -1.01. The molecule has 0 rings (SSSR count). The van der Waals surface area contributed by atoms with Gasteiger partial charge in [-0.15, -0.1) is 0 Å². The van der Waals surface area contributed by atoms with E-state index >= 15 is 0 Å². The second-order valence-corrected chi connectivity index (χ2v) is 1.62. The Labute approximate surface area is 60.8 Å². The third-order valence-electron chi connectivity index (χ3n) is 0.860. The normalized spacial score (nSPS) is 7.80. The van der Waals surface area contributed by atoms with Gasteiger partial charge in [0.1, 0.15) is 0 Å². The Morgan fingerprint density at radius 3 is 2.90 bits per heavy atom. The fraction of sp³-hybridized carbons (Fsp3) is 0.571. The van der Waals surface area contributed by atoms with Gasteiger partial charge in [0.15, 0.2) is 0 Å². The van der Waals surface area contributed by atoms with Crippen LogP contribution >= 0.6 is 0 Å². The molecule has 0 heterocycles. The maximum atomic E-state index is 10.4. The summed E-state index contributed by atoms with van der Waals surface area (Å²) >= 11 is 0. The van der Waals surface area contributed by atoms with E-state index in [-0.39, 0.29) is 5.91 Å². The highest BCUT2D eigenvalue weighted by molar-refractivity contribution is 5.93. The summed E-state index contributed by atoms with van der Waals surface area (Å²) in [5.74, 6) is 4.78. The summed E-state index contributed by atoms with van der Waals surface area (Å²) in [5.41, 5.74) is 0. The van der Waals surface area contributed by atoms with Gasteiger partial charge in [0, 0.05) is 20.6 Å². The molecule has 3 heteroatoms. The Bertz CT molecular complexity index is 155. The number of ether oxygens (including phenoxy) is 1. The van der Waals surface area contributed by atoms with E-state index in [1.54, 1.807) is 14.2 Å². The van der Waals surface area contributed by atoms with Gasteiger partial charge in [0.05, 0.1) is 6.61 Å². The van der Waals surface area contributed by atoms with Crippen LogP contribution in [0.1, 0.15) is 6.42 Å². The highest BCUT2D eigenvalue weighted by atomic mass is 16.5. The molecule has 0 aromatic heterocycles. The topological polar surface area (TPSA) is 38.3 Å². The largest absolute Gasteiger partial charge is 0.384 e. The van der Waals surface area contributed by atoms with Crippen LogP contribution in [-0.4, -0.2) is 26.7 Å². The van der Waals surface area contributed by atoms with Gasteiger partial charge in [-0.2, -0.15) is 0 Å². The van der Waals surface area contributed by atoms with Crippen LogP contribution in [-0.2, 0) is 9.53 Å². The average Bonchev–Trinajstić information content (AvgIpc) is 1.98. The molecule has 3 nitrogen and oxygen atoms in total. The zero-order valence-electron chi connectivity index (χ0n) is 6.23. The zero-order chi connectivity index (χ0) is 7.82. The number of nitrogens with one attached hydrogen (secondary N) is 1. The minimum atomic E-state index is -0.254. The van der Waals surface area contributed by atoms with Gasteiger partial charge in [-0.1, -0.05) is 5.92 Å². The maximum Gasteiger partial charge on any atom is 0.295 e. The molecule has 10 heavy (non-hydrogen) atoms. The molecule has 0 unspecified atom stereocenters. The van der Waals surface area contributed by atoms with E-state index < -0.39 is 0 Å². The minimum Gasteiger partial charge on any atom is -0.384 e. The maximum absolute atomic E-state index is 10.4. The molecule has 0 fully saturated rings. The highest BCUT2D eigenvalue weighted by Gasteiger charge is 1.84. The average molecular weight is 141 g/mol. The summed E-state index contributed by atoms with van der Waals surface area (Å²) in [4.78, 5) is 10.4. The van der Waals surface area contributed by atoms with Crippen LogP contribution in [0.2, 0.25) is 0 Å². The van der Waals surface area contributed by atoms with Crippen molar-refractivity contribution in [3.05, 3.63) is 0 Å².